The highest BCUT2D eigenvalue weighted by Gasteiger charge is 2.11. The van der Waals surface area contributed by atoms with Crippen molar-refractivity contribution < 1.29 is 14.3 Å². The summed E-state index contributed by atoms with van der Waals surface area (Å²) in [6, 6.07) is 12.5. The quantitative estimate of drug-likeness (QED) is 0.300. The van der Waals surface area contributed by atoms with Gasteiger partial charge in [0.15, 0.2) is 5.11 Å². The SMILES string of the molecule is C=CCOc1cccc(NC(=S)NC(=O)c2ccc(OCCCC)c(Br)c2)c1. The van der Waals surface area contributed by atoms with Crippen molar-refractivity contribution in [1.82, 2.24) is 5.32 Å². The zero-order valence-corrected chi connectivity index (χ0v) is 18.1. The van der Waals surface area contributed by atoms with Crippen molar-refractivity contribution in [3.63, 3.8) is 0 Å². The van der Waals surface area contributed by atoms with Crippen LogP contribution in [0, 0.1) is 0 Å². The number of hydrogen-bond donors (Lipinski definition) is 2. The highest BCUT2D eigenvalue weighted by molar-refractivity contribution is 9.10. The van der Waals surface area contributed by atoms with Gasteiger partial charge >= 0.3 is 0 Å². The fourth-order valence-corrected chi connectivity index (χ4v) is 2.95. The monoisotopic (exact) mass is 462 g/mol. The molecule has 1 amide bonds. The van der Waals surface area contributed by atoms with Crippen molar-refractivity contribution in [3.05, 3.63) is 65.2 Å². The van der Waals surface area contributed by atoms with Crippen LogP contribution in [0.5, 0.6) is 11.5 Å². The number of nitrogens with one attached hydrogen (secondary N) is 2. The summed E-state index contributed by atoms with van der Waals surface area (Å²) in [4.78, 5) is 12.4. The first-order valence-corrected chi connectivity index (χ1v) is 10.1. The van der Waals surface area contributed by atoms with Gasteiger partial charge in [-0.05, 0) is 64.9 Å². The second-order valence-electron chi connectivity index (χ2n) is 5.88. The molecule has 0 bridgehead atoms. The van der Waals surface area contributed by atoms with Crippen LogP contribution in [0.3, 0.4) is 0 Å². The molecular formula is C21H23BrN2O3S. The molecule has 28 heavy (non-hydrogen) atoms. The number of amides is 1. The molecule has 2 aromatic carbocycles. The molecular weight excluding hydrogens is 440 g/mol. The van der Waals surface area contributed by atoms with E-state index in [0.29, 0.717) is 36.0 Å². The summed E-state index contributed by atoms with van der Waals surface area (Å²) in [6.07, 6.45) is 3.71. The molecule has 0 heterocycles. The van der Waals surface area contributed by atoms with Gasteiger partial charge in [0.1, 0.15) is 18.1 Å². The topological polar surface area (TPSA) is 59.6 Å². The number of benzene rings is 2. The van der Waals surface area contributed by atoms with Crippen LogP contribution in [0.2, 0.25) is 0 Å². The number of carbonyl (C=O) groups excluding carboxylic acids is 1. The van der Waals surface area contributed by atoms with Crippen LogP contribution in [0.25, 0.3) is 0 Å². The van der Waals surface area contributed by atoms with Gasteiger partial charge in [-0.25, -0.2) is 0 Å². The number of thiocarbonyl (C=S) groups is 1. The summed E-state index contributed by atoms with van der Waals surface area (Å²) >= 11 is 8.68. The molecule has 0 saturated heterocycles. The second kappa shape index (κ2) is 11.5. The Labute approximate surface area is 179 Å². The average molecular weight is 463 g/mol. The Morgan fingerprint density at radius 3 is 2.79 bits per heavy atom. The predicted octanol–water partition coefficient (Wildman–Crippen LogP) is 5.32. The summed E-state index contributed by atoms with van der Waals surface area (Å²) in [5, 5.41) is 5.85. The molecule has 7 heteroatoms. The smallest absolute Gasteiger partial charge is 0.257 e. The molecule has 0 saturated carbocycles. The van der Waals surface area contributed by atoms with E-state index in [-0.39, 0.29) is 11.0 Å². The van der Waals surface area contributed by atoms with Crippen LogP contribution in [-0.4, -0.2) is 24.2 Å². The molecule has 0 aliphatic heterocycles. The lowest BCUT2D eigenvalue weighted by molar-refractivity contribution is 0.0977. The van der Waals surface area contributed by atoms with Gasteiger partial charge in [0.2, 0.25) is 0 Å². The Hall–Kier alpha value is -2.38. The minimum absolute atomic E-state index is 0.199. The number of hydrogen-bond acceptors (Lipinski definition) is 4. The molecule has 0 aliphatic carbocycles. The highest BCUT2D eigenvalue weighted by Crippen LogP contribution is 2.26. The summed E-state index contributed by atoms with van der Waals surface area (Å²) in [5.74, 6) is 1.08. The molecule has 0 spiro atoms. The van der Waals surface area contributed by atoms with E-state index < -0.39 is 0 Å². The third-order valence-electron chi connectivity index (χ3n) is 3.64. The molecule has 0 fully saturated rings. The molecule has 0 aliphatic rings. The lowest BCUT2D eigenvalue weighted by Crippen LogP contribution is -2.34. The zero-order valence-electron chi connectivity index (χ0n) is 15.7. The predicted molar refractivity (Wildman–Crippen MR) is 120 cm³/mol. The van der Waals surface area contributed by atoms with Crippen LogP contribution in [0.1, 0.15) is 30.1 Å². The minimum atomic E-state index is -0.308. The zero-order chi connectivity index (χ0) is 20.4. The lowest BCUT2D eigenvalue weighted by Gasteiger charge is -2.12. The van der Waals surface area contributed by atoms with Crippen LogP contribution in [-0.2, 0) is 0 Å². The van der Waals surface area contributed by atoms with Crippen molar-refractivity contribution in [3.8, 4) is 11.5 Å². The number of unbranched alkanes of at least 4 members (excludes halogenated alkanes) is 1. The van der Waals surface area contributed by atoms with Gasteiger partial charge in [-0.1, -0.05) is 32.1 Å². The van der Waals surface area contributed by atoms with E-state index in [4.69, 9.17) is 21.7 Å². The van der Waals surface area contributed by atoms with Gasteiger partial charge < -0.3 is 14.8 Å². The maximum atomic E-state index is 12.4. The number of halogens is 1. The molecule has 0 aromatic heterocycles. The van der Waals surface area contributed by atoms with Crippen molar-refractivity contribution >= 4 is 44.9 Å². The summed E-state index contributed by atoms with van der Waals surface area (Å²) in [7, 11) is 0. The number of carbonyl (C=O) groups is 1. The normalized spacial score (nSPS) is 10.1. The van der Waals surface area contributed by atoms with Gasteiger partial charge in [-0.15, -0.1) is 0 Å². The van der Waals surface area contributed by atoms with Gasteiger partial charge in [0.25, 0.3) is 5.91 Å². The Morgan fingerprint density at radius 1 is 1.25 bits per heavy atom. The molecule has 0 unspecified atom stereocenters. The van der Waals surface area contributed by atoms with Crippen LogP contribution in [0.15, 0.2) is 59.6 Å². The first-order chi connectivity index (χ1) is 13.5. The van der Waals surface area contributed by atoms with E-state index in [1.54, 1.807) is 30.3 Å². The van der Waals surface area contributed by atoms with Gasteiger partial charge in [-0.3, -0.25) is 10.1 Å². The molecule has 5 nitrogen and oxygen atoms in total. The van der Waals surface area contributed by atoms with E-state index in [9.17, 15) is 4.79 Å². The molecule has 2 N–H and O–H groups in total. The number of anilines is 1. The Kier molecular flexibility index (Phi) is 8.97. The van der Waals surface area contributed by atoms with E-state index in [2.05, 4.69) is 40.1 Å². The Balaban J connectivity index is 1.94. The maximum Gasteiger partial charge on any atom is 0.257 e. The van der Waals surface area contributed by atoms with E-state index in [1.807, 2.05) is 18.2 Å². The van der Waals surface area contributed by atoms with Crippen LogP contribution in [0.4, 0.5) is 5.69 Å². The van der Waals surface area contributed by atoms with Crippen molar-refractivity contribution in [2.75, 3.05) is 18.5 Å². The molecule has 2 rings (SSSR count). The third kappa shape index (κ3) is 6.98. The number of ether oxygens (including phenoxy) is 2. The van der Waals surface area contributed by atoms with Gasteiger partial charge in [0.05, 0.1) is 11.1 Å². The summed E-state index contributed by atoms with van der Waals surface area (Å²) < 4.78 is 11.9. The molecule has 148 valence electrons. The fraction of sp³-hybridized carbons (Fsp3) is 0.238. The Morgan fingerprint density at radius 2 is 2.07 bits per heavy atom. The average Bonchev–Trinajstić information content (AvgIpc) is 2.67. The molecule has 0 atom stereocenters. The third-order valence-corrected chi connectivity index (χ3v) is 4.46. The van der Waals surface area contributed by atoms with Crippen molar-refractivity contribution in [1.29, 1.82) is 0 Å². The maximum absolute atomic E-state index is 12.4. The van der Waals surface area contributed by atoms with Crippen molar-refractivity contribution in [2.45, 2.75) is 19.8 Å². The molecule has 2 aromatic rings. The first kappa shape index (κ1) is 21.9. The lowest BCUT2D eigenvalue weighted by atomic mass is 10.2. The Bertz CT molecular complexity index is 842. The van der Waals surface area contributed by atoms with Crippen LogP contribution >= 0.6 is 28.1 Å². The van der Waals surface area contributed by atoms with Gasteiger partial charge in [0, 0.05) is 17.3 Å². The van der Waals surface area contributed by atoms with Gasteiger partial charge in [-0.2, -0.15) is 0 Å². The standard InChI is InChI=1S/C21H23BrN2O3S/c1-3-5-12-27-19-10-9-15(13-18(19)22)20(25)24-21(28)23-16-7-6-8-17(14-16)26-11-4-2/h4,6-10,13-14H,2-3,5,11-12H2,1H3,(H2,23,24,25,28). The van der Waals surface area contributed by atoms with E-state index in [1.165, 1.54) is 0 Å². The largest absolute Gasteiger partial charge is 0.492 e. The second-order valence-corrected chi connectivity index (χ2v) is 7.15. The molecule has 0 radical (unpaired) electrons. The van der Waals surface area contributed by atoms with E-state index in [0.717, 1.165) is 17.3 Å². The van der Waals surface area contributed by atoms with Crippen molar-refractivity contribution in [2.24, 2.45) is 0 Å². The summed E-state index contributed by atoms with van der Waals surface area (Å²) in [5.41, 5.74) is 1.19. The van der Waals surface area contributed by atoms with Crippen LogP contribution < -0.4 is 20.1 Å². The summed E-state index contributed by atoms with van der Waals surface area (Å²) in [6.45, 7) is 6.78. The highest BCUT2D eigenvalue weighted by atomic mass is 79.9. The van der Waals surface area contributed by atoms with E-state index >= 15 is 0 Å². The minimum Gasteiger partial charge on any atom is -0.492 e. The first-order valence-electron chi connectivity index (χ1n) is 8.92. The number of rotatable bonds is 9. The fourth-order valence-electron chi connectivity index (χ4n) is 2.24.